The van der Waals surface area contributed by atoms with Crippen molar-refractivity contribution in [3.63, 3.8) is 0 Å². The number of nitrogens with zero attached hydrogens (tertiary/aromatic N) is 3. The summed E-state index contributed by atoms with van der Waals surface area (Å²) < 4.78 is 6.54. The zero-order chi connectivity index (χ0) is 19.7. The molecule has 1 N–H and O–H groups in total. The smallest absolute Gasteiger partial charge is 0.270 e. The molecule has 0 amide bonds. The molecule has 0 aliphatic heterocycles. The third-order valence-corrected chi connectivity index (χ3v) is 5.09. The van der Waals surface area contributed by atoms with E-state index in [4.69, 9.17) is 4.42 Å². The van der Waals surface area contributed by atoms with Gasteiger partial charge in [0, 0.05) is 17.7 Å². The van der Waals surface area contributed by atoms with Crippen molar-refractivity contribution in [1.29, 1.82) is 5.26 Å². The summed E-state index contributed by atoms with van der Waals surface area (Å²) in [6.45, 7) is 0. The van der Waals surface area contributed by atoms with E-state index in [-0.39, 0.29) is 22.8 Å². The molecule has 0 fully saturated rings. The van der Waals surface area contributed by atoms with Gasteiger partial charge >= 0.3 is 0 Å². The minimum absolute atomic E-state index is 0.00106. The molecule has 0 atom stereocenters. The Hall–Kier alpha value is -3.96. The number of aliphatic hydroxyl groups is 1. The van der Waals surface area contributed by atoms with Gasteiger partial charge in [0.15, 0.2) is 11.5 Å². The molecule has 0 saturated carbocycles. The standard InChI is InChI=1S/C20H11N3O4S/c21-11-14(20-22-15-6-1-2-7-18(15)28-20)19(24)17-9-8-16(27-17)12-4-3-5-13(10-12)23(25)26/h1-10,24H/b19-14-. The molecule has 2 heterocycles. The van der Waals surface area contributed by atoms with E-state index in [0.29, 0.717) is 16.3 Å². The number of furan rings is 1. The van der Waals surface area contributed by atoms with Gasteiger partial charge < -0.3 is 9.52 Å². The van der Waals surface area contributed by atoms with Gasteiger partial charge in [-0.25, -0.2) is 4.98 Å². The summed E-state index contributed by atoms with van der Waals surface area (Å²) in [7, 11) is 0. The Bertz CT molecular complexity index is 1250. The molecule has 8 heteroatoms. The summed E-state index contributed by atoms with van der Waals surface area (Å²) in [5.74, 6) is 0.0855. The highest BCUT2D eigenvalue weighted by Gasteiger charge is 2.18. The van der Waals surface area contributed by atoms with Gasteiger partial charge in [0.1, 0.15) is 22.4 Å². The summed E-state index contributed by atoms with van der Waals surface area (Å²) in [6.07, 6.45) is 0. The number of para-hydroxylation sites is 1. The summed E-state index contributed by atoms with van der Waals surface area (Å²) >= 11 is 1.29. The number of nitro groups is 1. The quantitative estimate of drug-likeness (QED) is 0.216. The highest BCUT2D eigenvalue weighted by molar-refractivity contribution is 7.19. The number of thiazole rings is 1. The maximum Gasteiger partial charge on any atom is 0.270 e. The lowest BCUT2D eigenvalue weighted by molar-refractivity contribution is -0.384. The number of fused-ring (bicyclic) bond motifs is 1. The molecular weight excluding hydrogens is 378 g/mol. The third kappa shape index (κ3) is 3.11. The first-order valence-electron chi connectivity index (χ1n) is 8.11. The fourth-order valence-electron chi connectivity index (χ4n) is 2.70. The van der Waals surface area contributed by atoms with Crippen LogP contribution >= 0.6 is 11.3 Å². The van der Waals surface area contributed by atoms with Crippen LogP contribution in [-0.4, -0.2) is 15.0 Å². The zero-order valence-corrected chi connectivity index (χ0v) is 15.0. The van der Waals surface area contributed by atoms with Crippen molar-refractivity contribution < 1.29 is 14.4 Å². The van der Waals surface area contributed by atoms with Gasteiger partial charge in [0.25, 0.3) is 5.69 Å². The lowest BCUT2D eigenvalue weighted by Gasteiger charge is -2.00. The molecule has 4 rings (SSSR count). The van der Waals surface area contributed by atoms with Gasteiger partial charge in [0.2, 0.25) is 0 Å². The fourth-order valence-corrected chi connectivity index (χ4v) is 3.66. The van der Waals surface area contributed by atoms with Crippen molar-refractivity contribution in [3.05, 3.63) is 81.5 Å². The summed E-state index contributed by atoms with van der Waals surface area (Å²) in [5.41, 5.74) is 1.16. The Balaban J connectivity index is 1.75. The maximum absolute atomic E-state index is 10.9. The van der Waals surface area contributed by atoms with E-state index >= 15 is 0 Å². The van der Waals surface area contributed by atoms with Crippen LogP contribution in [0.3, 0.4) is 0 Å². The second-order valence-electron chi connectivity index (χ2n) is 5.79. The Kier molecular flexibility index (Phi) is 4.35. The molecule has 136 valence electrons. The first-order valence-corrected chi connectivity index (χ1v) is 8.93. The van der Waals surface area contributed by atoms with Crippen LogP contribution in [-0.2, 0) is 0 Å². The minimum Gasteiger partial charge on any atom is -0.503 e. The Morgan fingerprint density at radius 1 is 1.18 bits per heavy atom. The van der Waals surface area contributed by atoms with E-state index in [0.717, 1.165) is 10.2 Å². The predicted molar refractivity (Wildman–Crippen MR) is 105 cm³/mol. The van der Waals surface area contributed by atoms with Crippen molar-refractivity contribution in [2.45, 2.75) is 0 Å². The highest BCUT2D eigenvalue weighted by atomic mass is 32.1. The Morgan fingerprint density at radius 2 is 2.00 bits per heavy atom. The largest absolute Gasteiger partial charge is 0.503 e. The molecule has 7 nitrogen and oxygen atoms in total. The Morgan fingerprint density at radius 3 is 2.75 bits per heavy atom. The van der Waals surface area contributed by atoms with E-state index < -0.39 is 4.92 Å². The van der Waals surface area contributed by atoms with Crippen molar-refractivity contribution in [3.8, 4) is 17.4 Å². The molecule has 0 aliphatic carbocycles. The molecule has 28 heavy (non-hydrogen) atoms. The molecule has 2 aromatic carbocycles. The van der Waals surface area contributed by atoms with Crippen LogP contribution in [0.4, 0.5) is 5.69 Å². The molecule has 0 aliphatic rings. The van der Waals surface area contributed by atoms with Gasteiger partial charge in [-0.1, -0.05) is 24.3 Å². The number of nitro benzene ring substituents is 1. The summed E-state index contributed by atoms with van der Waals surface area (Å²) in [4.78, 5) is 14.8. The van der Waals surface area contributed by atoms with E-state index in [1.54, 1.807) is 18.2 Å². The molecule has 4 aromatic rings. The van der Waals surface area contributed by atoms with Crippen LogP contribution in [0.15, 0.2) is 65.1 Å². The number of nitriles is 1. The number of hydrogen-bond acceptors (Lipinski definition) is 7. The average Bonchev–Trinajstić information content (AvgIpc) is 3.36. The SMILES string of the molecule is N#C/C(=C(/O)c1ccc(-c2cccc([N+](=O)[O-])c2)o1)c1nc2ccccc2s1. The maximum atomic E-state index is 10.9. The Labute approximate surface area is 162 Å². The van der Waals surface area contributed by atoms with E-state index in [2.05, 4.69) is 4.98 Å². The average molecular weight is 389 g/mol. The third-order valence-electron chi connectivity index (χ3n) is 4.04. The van der Waals surface area contributed by atoms with Crippen LogP contribution in [0, 0.1) is 21.4 Å². The van der Waals surface area contributed by atoms with Gasteiger partial charge in [-0.05, 0) is 24.3 Å². The van der Waals surface area contributed by atoms with Crippen LogP contribution in [0.2, 0.25) is 0 Å². The molecular formula is C20H11N3O4S. The lowest BCUT2D eigenvalue weighted by atomic mass is 10.1. The second-order valence-corrected chi connectivity index (χ2v) is 6.82. The van der Waals surface area contributed by atoms with Gasteiger partial charge in [0.05, 0.1) is 15.1 Å². The zero-order valence-electron chi connectivity index (χ0n) is 14.2. The molecule has 0 spiro atoms. The van der Waals surface area contributed by atoms with E-state index in [9.17, 15) is 20.5 Å². The highest BCUT2D eigenvalue weighted by Crippen LogP contribution is 2.33. The van der Waals surface area contributed by atoms with Crippen LogP contribution in [0.5, 0.6) is 0 Å². The van der Waals surface area contributed by atoms with Crippen molar-refractivity contribution in [2.24, 2.45) is 0 Å². The second kappa shape index (κ2) is 6.98. The molecule has 0 radical (unpaired) electrons. The van der Waals surface area contributed by atoms with Crippen molar-refractivity contribution in [2.75, 3.05) is 0 Å². The lowest BCUT2D eigenvalue weighted by Crippen LogP contribution is -1.88. The van der Waals surface area contributed by atoms with Crippen LogP contribution in [0.1, 0.15) is 10.8 Å². The number of allylic oxidation sites excluding steroid dienone is 1. The normalized spacial score (nSPS) is 11.8. The fraction of sp³-hybridized carbons (Fsp3) is 0. The first kappa shape index (κ1) is 17.5. The predicted octanol–water partition coefficient (Wildman–Crippen LogP) is 5.41. The number of rotatable bonds is 4. The number of benzene rings is 2. The van der Waals surface area contributed by atoms with Crippen molar-refractivity contribution >= 4 is 38.6 Å². The number of aliphatic hydroxyl groups excluding tert-OH is 1. The minimum atomic E-state index is -0.494. The topological polar surface area (TPSA) is 113 Å². The first-order chi connectivity index (χ1) is 13.6. The van der Waals surface area contributed by atoms with E-state index in [1.807, 2.05) is 30.3 Å². The monoisotopic (exact) mass is 389 g/mol. The van der Waals surface area contributed by atoms with Crippen molar-refractivity contribution in [1.82, 2.24) is 4.98 Å². The molecule has 0 unspecified atom stereocenters. The van der Waals surface area contributed by atoms with Gasteiger partial charge in [-0.3, -0.25) is 10.1 Å². The molecule has 0 bridgehead atoms. The van der Waals surface area contributed by atoms with E-state index in [1.165, 1.54) is 29.5 Å². The van der Waals surface area contributed by atoms with Crippen LogP contribution in [0.25, 0.3) is 32.9 Å². The van der Waals surface area contributed by atoms with Gasteiger partial charge in [-0.15, -0.1) is 11.3 Å². The number of non-ortho nitro benzene ring substituents is 1. The van der Waals surface area contributed by atoms with Crippen LogP contribution < -0.4 is 0 Å². The molecule has 2 aromatic heterocycles. The van der Waals surface area contributed by atoms with Gasteiger partial charge in [-0.2, -0.15) is 5.26 Å². The number of aromatic nitrogens is 1. The number of hydrogen-bond donors (Lipinski definition) is 1. The summed E-state index contributed by atoms with van der Waals surface area (Å²) in [5, 5.41) is 31.4. The molecule has 0 saturated heterocycles. The summed E-state index contributed by atoms with van der Waals surface area (Å²) in [6, 6.07) is 18.5.